The zero-order valence-electron chi connectivity index (χ0n) is 10.3. The molecule has 2 nitrogen and oxygen atoms in total. The van der Waals surface area contributed by atoms with Crippen LogP contribution in [0.1, 0.15) is 49.7 Å². The van der Waals surface area contributed by atoms with Crippen LogP contribution in [0.3, 0.4) is 0 Å². The Kier molecular flexibility index (Phi) is 2.53. The van der Waals surface area contributed by atoms with E-state index in [0.29, 0.717) is 0 Å². The molecule has 0 saturated heterocycles. The van der Waals surface area contributed by atoms with Crippen molar-refractivity contribution in [3.05, 3.63) is 35.4 Å². The highest BCUT2D eigenvalue weighted by Crippen LogP contribution is 2.40. The van der Waals surface area contributed by atoms with Crippen LogP contribution < -0.4 is 5.73 Å². The van der Waals surface area contributed by atoms with Gasteiger partial charge in [-0.25, -0.2) is 0 Å². The molecule has 0 aliphatic heterocycles. The summed E-state index contributed by atoms with van der Waals surface area (Å²) in [5.74, 6) is 0. The van der Waals surface area contributed by atoms with Crippen LogP contribution in [0, 0.1) is 0 Å². The third-order valence-electron chi connectivity index (χ3n) is 4.48. The third kappa shape index (κ3) is 2.24. The van der Waals surface area contributed by atoms with Crippen molar-refractivity contribution in [3.63, 3.8) is 0 Å². The first kappa shape index (κ1) is 11.2. The fourth-order valence-electron chi connectivity index (χ4n) is 2.62. The van der Waals surface area contributed by atoms with Gasteiger partial charge in [0.25, 0.3) is 0 Å². The predicted octanol–water partition coefficient (Wildman–Crippen LogP) is 2.48. The second kappa shape index (κ2) is 3.82. The number of hydrogen-bond acceptors (Lipinski definition) is 2. The molecule has 0 unspecified atom stereocenters. The van der Waals surface area contributed by atoms with Crippen molar-refractivity contribution in [2.24, 2.45) is 5.73 Å². The molecule has 0 aromatic heterocycles. The fourth-order valence-corrected chi connectivity index (χ4v) is 2.62. The maximum absolute atomic E-state index is 9.80. The number of nitrogens with two attached hydrogens (primary N) is 1. The Morgan fingerprint density at radius 1 is 1.06 bits per heavy atom. The highest BCUT2D eigenvalue weighted by atomic mass is 16.3. The van der Waals surface area contributed by atoms with Crippen LogP contribution in [0.25, 0.3) is 0 Å². The van der Waals surface area contributed by atoms with Gasteiger partial charge in [0.15, 0.2) is 0 Å². The highest BCUT2D eigenvalue weighted by Gasteiger charge is 2.39. The van der Waals surface area contributed by atoms with E-state index in [1.54, 1.807) is 0 Å². The molecule has 2 aliphatic carbocycles. The summed E-state index contributed by atoms with van der Waals surface area (Å²) in [5, 5.41) is 9.80. The lowest BCUT2D eigenvalue weighted by molar-refractivity contribution is 0.140. The first-order chi connectivity index (χ1) is 8.10. The zero-order chi connectivity index (χ0) is 11.9. The maximum atomic E-state index is 9.80. The van der Waals surface area contributed by atoms with Crippen LogP contribution in [-0.2, 0) is 12.0 Å². The van der Waals surface area contributed by atoms with Gasteiger partial charge in [-0.05, 0) is 56.1 Å². The Morgan fingerprint density at radius 2 is 1.71 bits per heavy atom. The smallest absolute Gasteiger partial charge is 0.0653 e. The molecule has 2 fully saturated rings. The van der Waals surface area contributed by atoms with Crippen molar-refractivity contribution in [1.29, 1.82) is 0 Å². The predicted molar refractivity (Wildman–Crippen MR) is 68.7 cm³/mol. The topological polar surface area (TPSA) is 46.2 Å². The summed E-state index contributed by atoms with van der Waals surface area (Å²) in [7, 11) is 0. The van der Waals surface area contributed by atoms with Gasteiger partial charge in [0.1, 0.15) is 0 Å². The monoisotopic (exact) mass is 231 g/mol. The van der Waals surface area contributed by atoms with Gasteiger partial charge < -0.3 is 10.8 Å². The number of aryl methyl sites for hydroxylation is 1. The normalized spacial score (nSPS) is 24.1. The summed E-state index contributed by atoms with van der Waals surface area (Å²) < 4.78 is 0. The molecule has 17 heavy (non-hydrogen) atoms. The molecule has 3 rings (SSSR count). The average molecular weight is 231 g/mol. The van der Waals surface area contributed by atoms with Gasteiger partial charge in [0.2, 0.25) is 0 Å². The molecule has 2 heteroatoms. The highest BCUT2D eigenvalue weighted by molar-refractivity contribution is 5.30. The standard InChI is InChI=1S/C15H21NO/c16-15(7-1-8-15)13-4-2-12(3-5-13)6-9-14(17)10-11-14/h2-5,17H,1,6-11,16H2. The van der Waals surface area contributed by atoms with Crippen LogP contribution in [-0.4, -0.2) is 10.7 Å². The molecule has 1 aromatic carbocycles. The van der Waals surface area contributed by atoms with Gasteiger partial charge in [-0.15, -0.1) is 0 Å². The van der Waals surface area contributed by atoms with E-state index in [-0.39, 0.29) is 11.1 Å². The number of hydrogen-bond donors (Lipinski definition) is 2. The van der Waals surface area contributed by atoms with E-state index < -0.39 is 0 Å². The van der Waals surface area contributed by atoms with Crippen molar-refractivity contribution in [1.82, 2.24) is 0 Å². The molecule has 0 amide bonds. The van der Waals surface area contributed by atoms with Gasteiger partial charge in [-0.1, -0.05) is 24.3 Å². The first-order valence-corrected chi connectivity index (χ1v) is 6.70. The lowest BCUT2D eigenvalue weighted by Gasteiger charge is -2.38. The van der Waals surface area contributed by atoms with Gasteiger partial charge in [-0.3, -0.25) is 0 Å². The minimum atomic E-state index is -0.332. The lowest BCUT2D eigenvalue weighted by atomic mass is 9.72. The van der Waals surface area contributed by atoms with Gasteiger partial charge >= 0.3 is 0 Å². The Bertz CT molecular complexity index is 401. The number of aliphatic hydroxyl groups is 1. The summed E-state index contributed by atoms with van der Waals surface area (Å²) >= 11 is 0. The zero-order valence-corrected chi connectivity index (χ0v) is 10.3. The van der Waals surface area contributed by atoms with E-state index in [4.69, 9.17) is 5.73 Å². The minimum Gasteiger partial charge on any atom is -0.390 e. The van der Waals surface area contributed by atoms with E-state index in [0.717, 1.165) is 38.5 Å². The van der Waals surface area contributed by atoms with Crippen LogP contribution in [0.2, 0.25) is 0 Å². The van der Waals surface area contributed by atoms with E-state index >= 15 is 0 Å². The quantitative estimate of drug-likeness (QED) is 0.836. The number of rotatable bonds is 4. The van der Waals surface area contributed by atoms with E-state index in [1.165, 1.54) is 17.5 Å². The summed E-state index contributed by atoms with van der Waals surface area (Å²) in [6.45, 7) is 0. The minimum absolute atomic E-state index is 0.0484. The number of benzene rings is 1. The van der Waals surface area contributed by atoms with Crippen molar-refractivity contribution < 1.29 is 5.11 Å². The van der Waals surface area contributed by atoms with Gasteiger partial charge in [0, 0.05) is 5.54 Å². The lowest BCUT2D eigenvalue weighted by Crippen LogP contribution is -2.43. The van der Waals surface area contributed by atoms with E-state index in [9.17, 15) is 5.11 Å². The van der Waals surface area contributed by atoms with Crippen LogP contribution in [0.5, 0.6) is 0 Å². The van der Waals surface area contributed by atoms with Crippen molar-refractivity contribution in [2.75, 3.05) is 0 Å². The molecule has 3 N–H and O–H groups in total. The van der Waals surface area contributed by atoms with Crippen LogP contribution in [0.4, 0.5) is 0 Å². The SMILES string of the molecule is NC1(c2ccc(CCC3(O)CC3)cc2)CCC1. The summed E-state index contributed by atoms with van der Waals surface area (Å²) in [6, 6.07) is 8.69. The molecule has 2 aliphatic rings. The molecule has 0 atom stereocenters. The molecule has 0 spiro atoms. The summed E-state index contributed by atoms with van der Waals surface area (Å²) in [4.78, 5) is 0. The largest absolute Gasteiger partial charge is 0.390 e. The van der Waals surface area contributed by atoms with Crippen LogP contribution in [0.15, 0.2) is 24.3 Å². The molecular formula is C15H21NO. The van der Waals surface area contributed by atoms with Crippen molar-refractivity contribution in [3.8, 4) is 0 Å². The third-order valence-corrected chi connectivity index (χ3v) is 4.48. The van der Waals surface area contributed by atoms with Crippen molar-refractivity contribution in [2.45, 2.75) is 56.1 Å². The summed E-state index contributed by atoms with van der Waals surface area (Å²) in [6.07, 6.45) is 7.34. The van der Waals surface area contributed by atoms with Gasteiger partial charge in [-0.2, -0.15) is 0 Å². The molecule has 0 bridgehead atoms. The molecular weight excluding hydrogens is 210 g/mol. The second-order valence-electron chi connectivity index (χ2n) is 5.93. The molecule has 2 saturated carbocycles. The molecule has 0 radical (unpaired) electrons. The second-order valence-corrected chi connectivity index (χ2v) is 5.93. The van der Waals surface area contributed by atoms with E-state index in [2.05, 4.69) is 24.3 Å². The Balaban J connectivity index is 1.63. The average Bonchev–Trinajstić information content (AvgIpc) is 3.03. The van der Waals surface area contributed by atoms with Gasteiger partial charge in [0.05, 0.1) is 5.60 Å². The Morgan fingerprint density at radius 3 is 2.18 bits per heavy atom. The maximum Gasteiger partial charge on any atom is 0.0653 e. The fraction of sp³-hybridized carbons (Fsp3) is 0.600. The summed E-state index contributed by atoms with van der Waals surface area (Å²) in [5.41, 5.74) is 8.50. The molecule has 92 valence electrons. The Hall–Kier alpha value is -0.860. The molecule has 1 aromatic rings. The molecule has 0 heterocycles. The van der Waals surface area contributed by atoms with Crippen LogP contribution >= 0.6 is 0 Å². The first-order valence-electron chi connectivity index (χ1n) is 6.70. The van der Waals surface area contributed by atoms with E-state index in [1.807, 2.05) is 0 Å². The van der Waals surface area contributed by atoms with Crippen molar-refractivity contribution >= 4 is 0 Å². The Labute approximate surface area is 103 Å².